The Morgan fingerprint density at radius 1 is 1.27 bits per heavy atom. The summed E-state index contributed by atoms with van der Waals surface area (Å²) < 4.78 is 26.6. The number of nitrogens with two attached hydrogens (primary N) is 1. The minimum Gasteiger partial charge on any atom is -0.400 e. The molecule has 7 nitrogen and oxygen atoms in total. The van der Waals surface area contributed by atoms with Gasteiger partial charge in [0.15, 0.2) is 0 Å². The van der Waals surface area contributed by atoms with Crippen LogP contribution in [0.1, 0.15) is 29.9 Å². The fourth-order valence-electron chi connectivity index (χ4n) is 2.69. The normalized spacial score (nSPS) is 13.5. The van der Waals surface area contributed by atoms with Gasteiger partial charge in [-0.3, -0.25) is 9.79 Å². The van der Waals surface area contributed by atoms with Crippen molar-refractivity contribution in [2.24, 2.45) is 10.7 Å². The van der Waals surface area contributed by atoms with Crippen molar-refractivity contribution in [3.05, 3.63) is 64.6 Å². The Morgan fingerprint density at radius 2 is 2.00 bits per heavy atom. The van der Waals surface area contributed by atoms with Crippen molar-refractivity contribution in [3.8, 4) is 0 Å². The SMILES string of the molecule is CC.CN(C)C(=O)c1ccnc(N2CC(N)=C(C=NCc3ccc(F)cc3F)C2)n1. The van der Waals surface area contributed by atoms with Crippen LogP contribution in [0.3, 0.4) is 0 Å². The Hall–Kier alpha value is -3.36. The zero-order valence-corrected chi connectivity index (χ0v) is 17.6. The van der Waals surface area contributed by atoms with E-state index in [1.165, 1.54) is 23.2 Å². The second kappa shape index (κ2) is 10.4. The van der Waals surface area contributed by atoms with Crippen molar-refractivity contribution >= 4 is 18.1 Å². The average Bonchev–Trinajstić information content (AvgIpc) is 3.11. The fourth-order valence-corrected chi connectivity index (χ4v) is 2.69. The van der Waals surface area contributed by atoms with Crippen molar-refractivity contribution in [3.63, 3.8) is 0 Å². The summed E-state index contributed by atoms with van der Waals surface area (Å²) in [6.07, 6.45) is 3.10. The molecule has 2 heterocycles. The van der Waals surface area contributed by atoms with E-state index in [4.69, 9.17) is 5.73 Å². The van der Waals surface area contributed by atoms with Crippen LogP contribution in [0.5, 0.6) is 0 Å². The largest absolute Gasteiger partial charge is 0.400 e. The smallest absolute Gasteiger partial charge is 0.272 e. The van der Waals surface area contributed by atoms with E-state index >= 15 is 0 Å². The third-order valence-corrected chi connectivity index (χ3v) is 4.21. The molecule has 30 heavy (non-hydrogen) atoms. The number of benzene rings is 1. The summed E-state index contributed by atoms with van der Waals surface area (Å²) in [5, 5.41) is 0. The molecule has 0 bridgehead atoms. The lowest BCUT2D eigenvalue weighted by Crippen LogP contribution is -2.27. The first kappa shape index (κ1) is 22.9. The zero-order chi connectivity index (χ0) is 22.3. The van der Waals surface area contributed by atoms with Crippen molar-refractivity contribution in [1.82, 2.24) is 14.9 Å². The van der Waals surface area contributed by atoms with Crippen LogP contribution in [0.25, 0.3) is 0 Å². The van der Waals surface area contributed by atoms with Gasteiger partial charge < -0.3 is 15.5 Å². The van der Waals surface area contributed by atoms with Gasteiger partial charge in [-0.15, -0.1) is 0 Å². The Balaban J connectivity index is 0.00000155. The fraction of sp³-hybridized carbons (Fsp3) is 0.333. The molecule has 1 aromatic carbocycles. The highest BCUT2D eigenvalue weighted by Gasteiger charge is 2.22. The molecule has 0 radical (unpaired) electrons. The molecule has 1 aromatic heterocycles. The van der Waals surface area contributed by atoms with Crippen molar-refractivity contribution in [1.29, 1.82) is 0 Å². The highest BCUT2D eigenvalue weighted by atomic mass is 19.1. The summed E-state index contributed by atoms with van der Waals surface area (Å²) >= 11 is 0. The second-order valence-electron chi connectivity index (χ2n) is 6.55. The highest BCUT2D eigenvalue weighted by molar-refractivity contribution is 5.92. The molecule has 0 unspecified atom stereocenters. The monoisotopic (exact) mass is 416 g/mol. The van der Waals surface area contributed by atoms with E-state index in [2.05, 4.69) is 15.0 Å². The maximum atomic E-state index is 13.7. The van der Waals surface area contributed by atoms with Crippen molar-refractivity contribution < 1.29 is 13.6 Å². The third kappa shape index (κ3) is 5.59. The number of amides is 1. The van der Waals surface area contributed by atoms with Crippen LogP contribution in [-0.2, 0) is 6.54 Å². The molecule has 0 spiro atoms. The first-order valence-electron chi connectivity index (χ1n) is 9.56. The maximum Gasteiger partial charge on any atom is 0.272 e. The summed E-state index contributed by atoms with van der Waals surface area (Å²) in [5.41, 5.74) is 8.02. The van der Waals surface area contributed by atoms with Crippen molar-refractivity contribution in [2.75, 3.05) is 32.1 Å². The van der Waals surface area contributed by atoms with Gasteiger partial charge in [0.1, 0.15) is 17.3 Å². The molecular weight excluding hydrogens is 390 g/mol. The molecule has 2 N–H and O–H groups in total. The van der Waals surface area contributed by atoms with Gasteiger partial charge in [0.2, 0.25) is 5.95 Å². The third-order valence-electron chi connectivity index (χ3n) is 4.21. The zero-order valence-electron chi connectivity index (χ0n) is 17.6. The standard InChI is InChI=1S/C19H20F2N6O.C2H6/c1-26(2)18(28)17-5-6-24-19(25-17)27-10-13(16(22)11-27)9-23-8-12-3-4-14(20)7-15(12)21;1-2/h3-7,9H,8,10-11,22H2,1-2H3;1-2H3. The number of carbonyl (C=O) groups excluding carboxylic acids is 1. The van der Waals surface area contributed by atoms with Crippen LogP contribution in [0, 0.1) is 11.6 Å². The average molecular weight is 416 g/mol. The number of carbonyl (C=O) groups is 1. The van der Waals surface area contributed by atoms with Gasteiger partial charge in [-0.25, -0.2) is 18.7 Å². The summed E-state index contributed by atoms with van der Waals surface area (Å²) in [7, 11) is 3.30. The van der Waals surface area contributed by atoms with E-state index in [0.29, 0.717) is 36.0 Å². The van der Waals surface area contributed by atoms with Gasteiger partial charge in [-0.2, -0.15) is 0 Å². The van der Waals surface area contributed by atoms with Gasteiger partial charge in [-0.05, 0) is 12.1 Å². The Kier molecular flexibility index (Phi) is 7.97. The minimum atomic E-state index is -0.636. The van der Waals surface area contributed by atoms with E-state index < -0.39 is 11.6 Å². The van der Waals surface area contributed by atoms with Gasteiger partial charge in [0.05, 0.1) is 13.1 Å². The lowest BCUT2D eigenvalue weighted by Gasteiger charge is -2.17. The van der Waals surface area contributed by atoms with Crippen molar-refractivity contribution in [2.45, 2.75) is 20.4 Å². The Bertz CT molecular complexity index is 958. The Morgan fingerprint density at radius 3 is 2.67 bits per heavy atom. The number of aromatic nitrogens is 2. The molecule has 2 aromatic rings. The molecule has 0 aliphatic carbocycles. The number of anilines is 1. The number of halogens is 2. The predicted molar refractivity (Wildman–Crippen MR) is 113 cm³/mol. The highest BCUT2D eigenvalue weighted by Crippen LogP contribution is 2.19. The van der Waals surface area contributed by atoms with E-state index in [1.54, 1.807) is 26.4 Å². The number of aliphatic imine (C=N–C) groups is 1. The van der Waals surface area contributed by atoms with E-state index in [0.717, 1.165) is 11.6 Å². The summed E-state index contributed by atoms with van der Waals surface area (Å²) in [6.45, 7) is 4.89. The quantitative estimate of drug-likeness (QED) is 0.758. The van der Waals surface area contributed by atoms with E-state index in [9.17, 15) is 13.6 Å². The van der Waals surface area contributed by atoms with Crippen LogP contribution >= 0.6 is 0 Å². The topological polar surface area (TPSA) is 87.7 Å². The predicted octanol–water partition coefficient (Wildman–Crippen LogP) is 2.79. The number of rotatable bonds is 5. The number of nitrogens with zero attached hydrogens (tertiary/aromatic N) is 5. The first-order valence-corrected chi connectivity index (χ1v) is 9.56. The van der Waals surface area contributed by atoms with Gasteiger partial charge in [-0.1, -0.05) is 19.9 Å². The van der Waals surface area contributed by atoms with E-state index in [-0.39, 0.29) is 12.5 Å². The van der Waals surface area contributed by atoms with Gasteiger partial charge in [0, 0.05) is 56.0 Å². The minimum absolute atomic E-state index is 0.0756. The summed E-state index contributed by atoms with van der Waals surface area (Å²) in [5.74, 6) is -1.09. The van der Waals surface area contributed by atoms with E-state index in [1.807, 2.05) is 18.7 Å². The molecule has 1 aliphatic rings. The maximum absolute atomic E-state index is 13.7. The molecular formula is C21H26F2N6O. The van der Waals surface area contributed by atoms with Crippen LogP contribution in [0.4, 0.5) is 14.7 Å². The molecule has 1 amide bonds. The number of hydrogen-bond acceptors (Lipinski definition) is 6. The van der Waals surface area contributed by atoms with Crippen LogP contribution in [0.2, 0.25) is 0 Å². The summed E-state index contributed by atoms with van der Waals surface area (Å²) in [6, 6.07) is 4.94. The molecule has 9 heteroatoms. The van der Waals surface area contributed by atoms with Gasteiger partial charge >= 0.3 is 0 Å². The van der Waals surface area contributed by atoms with Crippen LogP contribution < -0.4 is 10.6 Å². The Labute approximate surface area is 175 Å². The summed E-state index contributed by atoms with van der Waals surface area (Å²) in [4.78, 5) is 28.1. The number of hydrogen-bond donors (Lipinski definition) is 1. The van der Waals surface area contributed by atoms with Crippen LogP contribution in [-0.4, -0.2) is 54.2 Å². The first-order chi connectivity index (χ1) is 14.3. The van der Waals surface area contributed by atoms with Crippen LogP contribution in [0.15, 0.2) is 46.7 Å². The second-order valence-corrected chi connectivity index (χ2v) is 6.55. The molecule has 1 aliphatic heterocycles. The molecule has 0 saturated carbocycles. The van der Waals surface area contributed by atoms with Gasteiger partial charge in [0.25, 0.3) is 5.91 Å². The molecule has 160 valence electrons. The molecule has 0 fully saturated rings. The molecule has 3 rings (SSSR count). The lowest BCUT2D eigenvalue weighted by molar-refractivity contribution is 0.0822. The molecule has 0 atom stereocenters. The molecule has 0 saturated heterocycles. The lowest BCUT2D eigenvalue weighted by atomic mass is 10.2.